The number of nitrogens with zero attached hydrogens (tertiary/aromatic N) is 4. The average molecular weight is 459 g/mol. The molecule has 3 heterocycles. The van der Waals surface area contributed by atoms with Gasteiger partial charge in [-0.3, -0.25) is 9.69 Å². The zero-order valence-corrected chi connectivity index (χ0v) is 19.8. The van der Waals surface area contributed by atoms with Crippen LogP contribution in [0.2, 0.25) is 0 Å². The highest BCUT2D eigenvalue weighted by Gasteiger charge is 2.22. The third-order valence-electron chi connectivity index (χ3n) is 5.10. The lowest BCUT2D eigenvalue weighted by Gasteiger charge is -2.34. The lowest BCUT2D eigenvalue weighted by molar-refractivity contribution is 0.0627. The summed E-state index contributed by atoms with van der Waals surface area (Å²) in [5, 5.41) is 6.56. The van der Waals surface area contributed by atoms with E-state index in [4.69, 9.17) is 0 Å². The molecular weight excluding hydrogens is 432 g/mol. The lowest BCUT2D eigenvalue weighted by Crippen LogP contribution is -2.48. The number of hydrogen-bond donors (Lipinski definition) is 0. The van der Waals surface area contributed by atoms with Gasteiger partial charge in [0.05, 0.1) is 21.4 Å². The Morgan fingerprint density at radius 1 is 1.03 bits per heavy atom. The molecule has 1 aliphatic rings. The van der Waals surface area contributed by atoms with Crippen LogP contribution in [0.1, 0.15) is 38.7 Å². The number of carbonyl (C=O) groups is 1. The second-order valence-corrected chi connectivity index (χ2v) is 10.4. The zero-order chi connectivity index (χ0) is 20.9. The van der Waals surface area contributed by atoms with Crippen molar-refractivity contribution in [1.82, 2.24) is 19.8 Å². The van der Waals surface area contributed by atoms with Crippen molar-refractivity contribution in [3.63, 3.8) is 0 Å². The van der Waals surface area contributed by atoms with E-state index in [1.165, 1.54) is 5.01 Å². The number of benzene rings is 1. The summed E-state index contributed by atoms with van der Waals surface area (Å²) in [4.78, 5) is 27.6. The summed E-state index contributed by atoms with van der Waals surface area (Å²) >= 11 is 5.18. The maximum absolute atomic E-state index is 12.9. The van der Waals surface area contributed by atoms with Crippen LogP contribution in [0.25, 0.3) is 0 Å². The molecule has 1 saturated heterocycles. The summed E-state index contributed by atoms with van der Waals surface area (Å²) < 4.78 is 0. The summed E-state index contributed by atoms with van der Waals surface area (Å²) in [6.45, 7) is 8.37. The number of rotatable bonds is 7. The Balaban J connectivity index is 1.26. The standard InChI is InChI=1S/C22H26N4OS3/c1-3-21-24-18(13-30-21)12-25-8-10-26(11-9-25)22(27)17-4-6-20(7-5-17)29-15-19-14-28-16(2)23-19/h4-7,13-14H,3,8-12,15H2,1-2H3. The fourth-order valence-electron chi connectivity index (χ4n) is 3.43. The van der Waals surface area contributed by atoms with E-state index in [2.05, 4.69) is 32.6 Å². The van der Waals surface area contributed by atoms with Crippen LogP contribution in [-0.2, 0) is 18.7 Å². The first-order valence-corrected chi connectivity index (χ1v) is 12.9. The Kier molecular flexibility index (Phi) is 7.20. The van der Waals surface area contributed by atoms with Crippen molar-refractivity contribution >= 4 is 40.3 Å². The molecule has 4 rings (SSSR count). The first-order chi connectivity index (χ1) is 14.6. The summed E-state index contributed by atoms with van der Waals surface area (Å²) in [6, 6.07) is 7.98. The number of aromatic nitrogens is 2. The molecule has 2 aromatic heterocycles. The molecule has 1 aliphatic heterocycles. The Hall–Kier alpha value is -1.74. The molecule has 0 radical (unpaired) electrons. The van der Waals surface area contributed by atoms with E-state index < -0.39 is 0 Å². The molecular formula is C22H26N4OS3. The monoisotopic (exact) mass is 458 g/mol. The van der Waals surface area contributed by atoms with Gasteiger partial charge in [-0.1, -0.05) is 6.92 Å². The molecule has 30 heavy (non-hydrogen) atoms. The van der Waals surface area contributed by atoms with Gasteiger partial charge < -0.3 is 4.90 Å². The van der Waals surface area contributed by atoms with Crippen LogP contribution in [0.4, 0.5) is 0 Å². The van der Waals surface area contributed by atoms with Crippen LogP contribution in [0.3, 0.4) is 0 Å². The summed E-state index contributed by atoms with van der Waals surface area (Å²) in [6.07, 6.45) is 0.995. The Labute approximate surface area is 190 Å². The smallest absolute Gasteiger partial charge is 0.253 e. The number of carbonyl (C=O) groups excluding carboxylic acids is 1. The maximum atomic E-state index is 12.9. The predicted octanol–water partition coefficient (Wildman–Crippen LogP) is 4.72. The van der Waals surface area contributed by atoms with Gasteiger partial charge in [-0.15, -0.1) is 34.4 Å². The number of thioether (sulfide) groups is 1. The number of piperazine rings is 1. The van der Waals surface area contributed by atoms with E-state index in [0.717, 1.165) is 71.8 Å². The normalized spacial score (nSPS) is 14.9. The molecule has 8 heteroatoms. The minimum Gasteiger partial charge on any atom is -0.336 e. The van der Waals surface area contributed by atoms with Crippen molar-refractivity contribution in [2.75, 3.05) is 26.2 Å². The zero-order valence-electron chi connectivity index (χ0n) is 17.3. The summed E-state index contributed by atoms with van der Waals surface area (Å²) in [5.74, 6) is 0.987. The van der Waals surface area contributed by atoms with Crippen LogP contribution in [-0.4, -0.2) is 51.9 Å². The molecule has 1 amide bonds. The highest BCUT2D eigenvalue weighted by Crippen LogP contribution is 2.24. The highest BCUT2D eigenvalue weighted by molar-refractivity contribution is 7.98. The fourth-order valence-corrected chi connectivity index (χ4v) is 5.68. The second-order valence-electron chi connectivity index (χ2n) is 7.33. The number of amides is 1. The van der Waals surface area contributed by atoms with Crippen molar-refractivity contribution in [2.45, 2.75) is 37.5 Å². The van der Waals surface area contributed by atoms with Gasteiger partial charge in [-0.25, -0.2) is 9.97 Å². The van der Waals surface area contributed by atoms with Crippen LogP contribution in [0.15, 0.2) is 39.9 Å². The molecule has 0 unspecified atom stereocenters. The van der Waals surface area contributed by atoms with Crippen LogP contribution < -0.4 is 0 Å². The van der Waals surface area contributed by atoms with Crippen molar-refractivity contribution in [3.05, 3.63) is 62.0 Å². The molecule has 1 aromatic carbocycles. The molecule has 0 saturated carbocycles. The first kappa shape index (κ1) is 21.5. The SMILES string of the molecule is CCc1nc(CN2CCN(C(=O)c3ccc(SCc4csc(C)n4)cc3)CC2)cs1. The van der Waals surface area contributed by atoms with Crippen LogP contribution >= 0.6 is 34.4 Å². The molecule has 0 bridgehead atoms. The predicted molar refractivity (Wildman–Crippen MR) is 126 cm³/mol. The van der Waals surface area contributed by atoms with Crippen LogP contribution in [0, 0.1) is 6.92 Å². The van der Waals surface area contributed by atoms with E-state index >= 15 is 0 Å². The largest absolute Gasteiger partial charge is 0.336 e. The Morgan fingerprint density at radius 3 is 2.40 bits per heavy atom. The van der Waals surface area contributed by atoms with Gasteiger partial charge in [0, 0.05) is 59.7 Å². The molecule has 0 spiro atoms. The van der Waals surface area contributed by atoms with Gasteiger partial charge in [0.2, 0.25) is 0 Å². The number of hydrogen-bond acceptors (Lipinski definition) is 7. The van der Waals surface area contributed by atoms with E-state index in [1.54, 1.807) is 34.4 Å². The first-order valence-electron chi connectivity index (χ1n) is 10.2. The molecule has 0 atom stereocenters. The van der Waals surface area contributed by atoms with Gasteiger partial charge in [0.1, 0.15) is 0 Å². The average Bonchev–Trinajstić information content (AvgIpc) is 3.41. The maximum Gasteiger partial charge on any atom is 0.253 e. The fraction of sp³-hybridized carbons (Fsp3) is 0.409. The lowest BCUT2D eigenvalue weighted by atomic mass is 10.2. The third-order valence-corrected chi connectivity index (χ3v) is 8.01. The minimum absolute atomic E-state index is 0.128. The van der Waals surface area contributed by atoms with Gasteiger partial charge in [0.25, 0.3) is 5.91 Å². The molecule has 5 nitrogen and oxygen atoms in total. The molecule has 0 aliphatic carbocycles. The topological polar surface area (TPSA) is 49.3 Å². The van der Waals surface area contributed by atoms with Crippen molar-refractivity contribution in [1.29, 1.82) is 0 Å². The molecule has 0 N–H and O–H groups in total. The van der Waals surface area contributed by atoms with Crippen molar-refractivity contribution in [3.8, 4) is 0 Å². The molecule has 158 valence electrons. The van der Waals surface area contributed by atoms with Crippen molar-refractivity contribution < 1.29 is 4.79 Å². The van der Waals surface area contributed by atoms with Gasteiger partial charge in [0.15, 0.2) is 0 Å². The van der Waals surface area contributed by atoms with Crippen molar-refractivity contribution in [2.24, 2.45) is 0 Å². The van der Waals surface area contributed by atoms with Gasteiger partial charge >= 0.3 is 0 Å². The summed E-state index contributed by atoms with van der Waals surface area (Å²) in [7, 11) is 0. The summed E-state index contributed by atoms with van der Waals surface area (Å²) in [5.41, 5.74) is 3.03. The Morgan fingerprint density at radius 2 is 1.77 bits per heavy atom. The third kappa shape index (κ3) is 5.49. The second kappa shape index (κ2) is 10.0. The molecule has 1 fully saturated rings. The van der Waals surface area contributed by atoms with E-state index in [1.807, 2.05) is 36.1 Å². The highest BCUT2D eigenvalue weighted by atomic mass is 32.2. The van der Waals surface area contributed by atoms with E-state index in [0.29, 0.717) is 0 Å². The van der Waals surface area contributed by atoms with E-state index in [-0.39, 0.29) is 5.91 Å². The number of aryl methyl sites for hydroxylation is 2. The minimum atomic E-state index is 0.128. The quantitative estimate of drug-likeness (QED) is 0.480. The van der Waals surface area contributed by atoms with Gasteiger partial charge in [-0.05, 0) is 37.6 Å². The van der Waals surface area contributed by atoms with E-state index in [9.17, 15) is 4.79 Å². The van der Waals surface area contributed by atoms with Crippen LogP contribution in [0.5, 0.6) is 0 Å². The van der Waals surface area contributed by atoms with Gasteiger partial charge in [-0.2, -0.15) is 0 Å². The Bertz CT molecular complexity index is 974. The molecule has 3 aromatic rings. The number of thiazole rings is 2.